The molecule has 1 unspecified atom stereocenters. The van der Waals surface area contributed by atoms with Gasteiger partial charge in [0.05, 0.1) is 10.7 Å². The van der Waals surface area contributed by atoms with Gasteiger partial charge in [-0.3, -0.25) is 4.79 Å². The molecule has 0 saturated heterocycles. The number of carbonyl (C=O) groups excluding carboxylic acids is 1. The third-order valence-corrected chi connectivity index (χ3v) is 6.24. The molecule has 0 aliphatic rings. The van der Waals surface area contributed by atoms with Crippen LogP contribution in [-0.4, -0.2) is 21.0 Å². The first-order valence-electron chi connectivity index (χ1n) is 11.4. The molecule has 32 heavy (non-hydrogen) atoms. The van der Waals surface area contributed by atoms with E-state index in [1.165, 1.54) is 51.4 Å². The van der Waals surface area contributed by atoms with Crippen LogP contribution < -0.4 is 16.0 Å². The van der Waals surface area contributed by atoms with Gasteiger partial charge in [-0.25, -0.2) is 0 Å². The maximum atomic E-state index is 12.3. The monoisotopic (exact) mass is 541 g/mol. The number of amides is 1. The van der Waals surface area contributed by atoms with Gasteiger partial charge in [-0.05, 0) is 30.8 Å². The minimum absolute atomic E-state index is 0.185. The highest BCUT2D eigenvalue weighted by atomic mass is 35.6. The second kappa shape index (κ2) is 17.0. The second-order valence-electron chi connectivity index (χ2n) is 7.91. The summed E-state index contributed by atoms with van der Waals surface area (Å²) in [6.45, 7) is 2.24. The zero-order valence-electron chi connectivity index (χ0n) is 18.7. The molecule has 1 atom stereocenters. The predicted octanol–water partition coefficient (Wildman–Crippen LogP) is 8.14. The number of para-hydroxylation sites is 1. The number of anilines is 1. The highest BCUT2D eigenvalue weighted by Gasteiger charge is 2.34. The van der Waals surface area contributed by atoms with Crippen LogP contribution in [0.1, 0.15) is 84.0 Å². The molecule has 0 fully saturated rings. The molecule has 0 aliphatic heterocycles. The van der Waals surface area contributed by atoms with Crippen LogP contribution in [0.2, 0.25) is 5.02 Å². The van der Waals surface area contributed by atoms with Crippen molar-refractivity contribution in [2.24, 2.45) is 0 Å². The number of hydrogen-bond donors (Lipinski definition) is 3. The minimum Gasteiger partial charge on any atom is -0.339 e. The molecule has 1 aromatic rings. The van der Waals surface area contributed by atoms with Crippen molar-refractivity contribution in [3.63, 3.8) is 0 Å². The number of nitrogens with one attached hydrogen (secondary N) is 3. The Balaban J connectivity index is 2.27. The molecule has 1 aromatic carbocycles. The Morgan fingerprint density at radius 3 is 1.97 bits per heavy atom. The number of benzene rings is 1. The Kier molecular flexibility index (Phi) is 15.8. The summed E-state index contributed by atoms with van der Waals surface area (Å²) in [6, 6.07) is 7.13. The molecule has 0 spiro atoms. The van der Waals surface area contributed by atoms with E-state index in [9.17, 15) is 4.79 Å². The van der Waals surface area contributed by atoms with Gasteiger partial charge in [-0.2, -0.15) is 0 Å². The summed E-state index contributed by atoms with van der Waals surface area (Å²) in [4.78, 5) is 12.3. The highest BCUT2D eigenvalue weighted by Crippen LogP contribution is 2.29. The van der Waals surface area contributed by atoms with Gasteiger partial charge in [0.2, 0.25) is 9.70 Å². The van der Waals surface area contributed by atoms with Crippen molar-refractivity contribution in [3.8, 4) is 0 Å². The van der Waals surface area contributed by atoms with Crippen LogP contribution in [0, 0.1) is 0 Å². The fourth-order valence-electron chi connectivity index (χ4n) is 3.23. The molecule has 9 heteroatoms. The molecule has 182 valence electrons. The molecule has 0 aromatic heterocycles. The summed E-state index contributed by atoms with van der Waals surface area (Å²) in [5, 5.41) is 9.18. The normalized spacial score (nSPS) is 12.3. The fraction of sp³-hybridized carbons (Fsp3) is 0.652. The minimum atomic E-state index is -1.78. The average molecular weight is 543 g/mol. The van der Waals surface area contributed by atoms with E-state index in [0.29, 0.717) is 17.1 Å². The first-order valence-corrected chi connectivity index (χ1v) is 13.3. The lowest BCUT2D eigenvalue weighted by Gasteiger charge is -2.28. The summed E-state index contributed by atoms with van der Waals surface area (Å²) in [7, 11) is 0. The molecular weight excluding hydrogens is 508 g/mol. The Morgan fingerprint density at radius 2 is 1.44 bits per heavy atom. The zero-order valence-corrected chi connectivity index (χ0v) is 22.5. The maximum Gasteiger partial charge on any atom is 0.228 e. The predicted molar refractivity (Wildman–Crippen MR) is 144 cm³/mol. The fourth-order valence-corrected chi connectivity index (χ4v) is 3.97. The van der Waals surface area contributed by atoms with Crippen LogP contribution >= 0.6 is 58.6 Å². The van der Waals surface area contributed by atoms with E-state index in [0.717, 1.165) is 19.3 Å². The van der Waals surface area contributed by atoms with E-state index >= 15 is 0 Å². The van der Waals surface area contributed by atoms with Crippen LogP contribution in [0.3, 0.4) is 0 Å². The van der Waals surface area contributed by atoms with E-state index in [1.54, 1.807) is 12.1 Å². The van der Waals surface area contributed by atoms with Crippen molar-refractivity contribution in [1.29, 1.82) is 0 Å². The molecule has 4 nitrogen and oxygen atoms in total. The van der Waals surface area contributed by atoms with Crippen molar-refractivity contribution in [3.05, 3.63) is 29.3 Å². The number of alkyl halides is 3. The van der Waals surface area contributed by atoms with Crippen molar-refractivity contribution >= 4 is 75.3 Å². The molecule has 0 saturated carbocycles. The Hall–Kier alpha value is -0.460. The van der Waals surface area contributed by atoms with Crippen LogP contribution in [0.25, 0.3) is 0 Å². The van der Waals surface area contributed by atoms with E-state index in [-0.39, 0.29) is 11.0 Å². The lowest BCUT2D eigenvalue weighted by Crippen LogP contribution is -2.56. The third-order valence-electron chi connectivity index (χ3n) is 5.04. The average Bonchev–Trinajstić information content (AvgIpc) is 2.72. The molecule has 0 bridgehead atoms. The van der Waals surface area contributed by atoms with Crippen LogP contribution in [-0.2, 0) is 4.79 Å². The smallest absolute Gasteiger partial charge is 0.228 e. The lowest BCUT2D eigenvalue weighted by molar-refractivity contribution is -0.122. The van der Waals surface area contributed by atoms with Crippen molar-refractivity contribution in [2.75, 3.05) is 5.32 Å². The Morgan fingerprint density at radius 1 is 0.906 bits per heavy atom. The number of hydrogen-bond acceptors (Lipinski definition) is 2. The summed E-state index contributed by atoms with van der Waals surface area (Å²) in [5.41, 5.74) is 0.613. The van der Waals surface area contributed by atoms with Gasteiger partial charge >= 0.3 is 0 Å². The molecule has 1 amide bonds. The molecular formula is C23H35Cl4N3OS. The topological polar surface area (TPSA) is 53.2 Å². The molecule has 0 aliphatic carbocycles. The van der Waals surface area contributed by atoms with Gasteiger partial charge in [0.15, 0.2) is 5.11 Å². The first kappa shape index (κ1) is 29.6. The van der Waals surface area contributed by atoms with Crippen LogP contribution in [0.15, 0.2) is 24.3 Å². The molecule has 0 heterocycles. The number of unbranched alkanes of at least 4 members (excludes halogenated alkanes) is 10. The summed E-state index contributed by atoms with van der Waals surface area (Å²) in [5.74, 6) is -0.190. The van der Waals surface area contributed by atoms with E-state index in [4.69, 9.17) is 58.6 Å². The Bertz CT molecular complexity index is 685. The van der Waals surface area contributed by atoms with Crippen LogP contribution in [0.5, 0.6) is 0 Å². The molecule has 0 radical (unpaired) electrons. The zero-order chi connectivity index (χ0) is 23.8. The lowest BCUT2D eigenvalue weighted by atomic mass is 10.1. The largest absolute Gasteiger partial charge is 0.339 e. The van der Waals surface area contributed by atoms with Gasteiger partial charge in [-0.1, -0.05) is 130 Å². The van der Waals surface area contributed by atoms with E-state index in [2.05, 4.69) is 22.9 Å². The number of thiocarbonyl (C=S) groups is 1. The second-order valence-corrected chi connectivity index (χ2v) is 11.1. The number of carbonyl (C=O) groups is 1. The van der Waals surface area contributed by atoms with Crippen molar-refractivity contribution in [2.45, 2.75) is 93.9 Å². The highest BCUT2D eigenvalue weighted by molar-refractivity contribution is 7.80. The van der Waals surface area contributed by atoms with Gasteiger partial charge in [0.1, 0.15) is 6.17 Å². The summed E-state index contributed by atoms with van der Waals surface area (Å²) < 4.78 is -1.78. The van der Waals surface area contributed by atoms with E-state index in [1.807, 2.05) is 12.1 Å². The molecule has 1 rings (SSSR count). The van der Waals surface area contributed by atoms with Crippen LogP contribution in [0.4, 0.5) is 5.69 Å². The van der Waals surface area contributed by atoms with Gasteiger partial charge in [0.25, 0.3) is 0 Å². The van der Waals surface area contributed by atoms with Crippen molar-refractivity contribution in [1.82, 2.24) is 10.6 Å². The standard InChI is InChI=1S/C23H35Cl4N3OS/c1-2-3-4-5-6-7-8-9-10-11-12-17-20(31)29-21(23(25,26)27)30-22(32)28-19-16-14-13-15-18(19)24/h13-16,21H,2-12,17H2,1H3,(H,29,31)(H2,28,30,32). The SMILES string of the molecule is CCCCCCCCCCCCCC(=O)NC(NC(=S)Nc1ccccc1Cl)C(Cl)(Cl)Cl. The van der Waals surface area contributed by atoms with Gasteiger partial charge < -0.3 is 16.0 Å². The van der Waals surface area contributed by atoms with Gasteiger partial charge in [0, 0.05) is 6.42 Å². The van der Waals surface area contributed by atoms with Crippen molar-refractivity contribution < 1.29 is 4.79 Å². The summed E-state index contributed by atoms with van der Waals surface area (Å²) >= 11 is 29.5. The number of rotatable bonds is 15. The Labute approximate surface area is 218 Å². The van der Waals surface area contributed by atoms with E-state index < -0.39 is 9.96 Å². The van der Waals surface area contributed by atoms with Gasteiger partial charge in [-0.15, -0.1) is 0 Å². The quantitative estimate of drug-likeness (QED) is 0.0905. The molecule has 3 N–H and O–H groups in total. The third kappa shape index (κ3) is 13.9. The summed E-state index contributed by atoms with van der Waals surface area (Å²) in [6.07, 6.45) is 12.8. The number of halogens is 4. The first-order chi connectivity index (χ1) is 15.2. The maximum absolute atomic E-state index is 12.3.